The van der Waals surface area contributed by atoms with E-state index in [9.17, 15) is 13.2 Å². The number of anilines is 1. The first-order chi connectivity index (χ1) is 13.5. The molecule has 9 heteroatoms. The van der Waals surface area contributed by atoms with Crippen molar-refractivity contribution in [3.63, 3.8) is 0 Å². The van der Waals surface area contributed by atoms with E-state index in [2.05, 4.69) is 5.32 Å². The van der Waals surface area contributed by atoms with E-state index in [1.54, 1.807) is 26.8 Å². The molecule has 0 bridgehead atoms. The number of rotatable bonds is 3. The molecule has 1 aliphatic rings. The van der Waals surface area contributed by atoms with E-state index < -0.39 is 27.6 Å². The first-order valence-corrected chi connectivity index (χ1v) is 11.7. The van der Waals surface area contributed by atoms with E-state index >= 15 is 0 Å². The molecule has 0 spiro atoms. The molecule has 2 heterocycles. The second-order valence-corrected chi connectivity index (χ2v) is 10.9. The maximum absolute atomic E-state index is 12.3. The molecule has 0 radical (unpaired) electrons. The Morgan fingerprint density at radius 3 is 2.55 bits per heavy atom. The lowest BCUT2D eigenvalue weighted by Crippen LogP contribution is -2.42. The minimum Gasteiger partial charge on any atom is -0.444 e. The summed E-state index contributed by atoms with van der Waals surface area (Å²) in [6, 6.07) is 7.06. The summed E-state index contributed by atoms with van der Waals surface area (Å²) in [7, 11) is -3.03. The third kappa shape index (κ3) is 5.30. The van der Waals surface area contributed by atoms with Crippen LogP contribution in [-0.4, -0.2) is 49.7 Å². The Kier molecular flexibility index (Phi) is 5.96. The number of amides is 1. The molecule has 3 rings (SSSR count). The summed E-state index contributed by atoms with van der Waals surface area (Å²) in [6.07, 6.45) is -0.525. The van der Waals surface area contributed by atoms with Gasteiger partial charge >= 0.3 is 6.09 Å². The van der Waals surface area contributed by atoms with Gasteiger partial charge in [0.2, 0.25) is 0 Å². The summed E-state index contributed by atoms with van der Waals surface area (Å²) in [4.78, 5) is 19.0. The van der Waals surface area contributed by atoms with Crippen LogP contribution in [0.2, 0.25) is 5.02 Å². The zero-order valence-corrected chi connectivity index (χ0v) is 18.6. The van der Waals surface area contributed by atoms with Gasteiger partial charge in [0.15, 0.2) is 9.84 Å². The van der Waals surface area contributed by atoms with Crippen LogP contribution in [0, 0.1) is 0 Å². The largest absolute Gasteiger partial charge is 0.444 e. The Hall–Kier alpha value is -2.06. The third-order valence-electron chi connectivity index (χ3n) is 4.65. The maximum atomic E-state index is 12.3. The molecular formula is C20H26ClN3O4S. The van der Waals surface area contributed by atoms with E-state index in [1.807, 2.05) is 30.0 Å². The maximum Gasteiger partial charge on any atom is 0.408 e. The normalized spacial score (nSPS) is 17.8. The van der Waals surface area contributed by atoms with Crippen LogP contribution in [0.4, 0.5) is 10.6 Å². The number of hydrogen-bond donors (Lipinski definition) is 1. The third-order valence-corrected chi connectivity index (χ3v) is 6.56. The molecule has 1 aromatic carbocycles. The van der Waals surface area contributed by atoms with Gasteiger partial charge in [0.1, 0.15) is 11.4 Å². The van der Waals surface area contributed by atoms with Crippen molar-refractivity contribution in [3.05, 3.63) is 34.9 Å². The van der Waals surface area contributed by atoms with Gasteiger partial charge in [-0.3, -0.25) is 0 Å². The van der Waals surface area contributed by atoms with Crippen LogP contribution in [-0.2, 0) is 14.6 Å². The average molecular weight is 440 g/mol. The topological polar surface area (TPSA) is 88.6 Å². The van der Waals surface area contributed by atoms with Gasteiger partial charge in [0.05, 0.1) is 28.1 Å². The molecule has 2 aromatic rings. The Morgan fingerprint density at radius 2 is 1.93 bits per heavy atom. The van der Waals surface area contributed by atoms with Gasteiger partial charge in [-0.2, -0.15) is 0 Å². The summed E-state index contributed by atoms with van der Waals surface area (Å²) < 4.78 is 29.1. The number of fused-ring (bicyclic) bond motifs is 1. The summed E-state index contributed by atoms with van der Waals surface area (Å²) in [5.74, 6) is 0.773. The highest BCUT2D eigenvalue weighted by atomic mass is 35.5. The molecule has 7 nitrogen and oxygen atoms in total. The minimum atomic E-state index is -3.03. The lowest BCUT2D eigenvalue weighted by atomic mass is 10.1. The van der Waals surface area contributed by atoms with Crippen molar-refractivity contribution in [3.8, 4) is 0 Å². The number of carbonyl (C=O) groups is 1. The number of nitrogens with one attached hydrogen (secondary N) is 1. The van der Waals surface area contributed by atoms with Gasteiger partial charge in [-0.1, -0.05) is 23.7 Å². The van der Waals surface area contributed by atoms with Crippen LogP contribution in [0.5, 0.6) is 0 Å². The molecule has 1 unspecified atom stereocenters. The van der Waals surface area contributed by atoms with E-state index in [-0.39, 0.29) is 11.5 Å². The summed E-state index contributed by atoms with van der Waals surface area (Å²) in [5, 5.41) is 4.22. The van der Waals surface area contributed by atoms with Gasteiger partial charge in [-0.25, -0.2) is 18.2 Å². The molecular weight excluding hydrogens is 414 g/mol. The first kappa shape index (κ1) is 21.6. The number of nitrogens with zero attached hydrogens (tertiary/aromatic N) is 2. The van der Waals surface area contributed by atoms with Crippen molar-refractivity contribution in [2.75, 3.05) is 29.5 Å². The highest BCUT2D eigenvalue weighted by molar-refractivity contribution is 7.91. The molecule has 1 aliphatic heterocycles. The fourth-order valence-electron chi connectivity index (χ4n) is 3.23. The molecule has 1 atom stereocenters. The second kappa shape index (κ2) is 7.99. The van der Waals surface area contributed by atoms with Gasteiger partial charge < -0.3 is 15.0 Å². The molecule has 0 saturated carbocycles. The molecule has 1 saturated heterocycles. The van der Waals surface area contributed by atoms with E-state index in [4.69, 9.17) is 21.3 Å². The van der Waals surface area contributed by atoms with Crippen LogP contribution < -0.4 is 10.2 Å². The molecule has 1 aromatic heterocycles. The highest BCUT2D eigenvalue weighted by Gasteiger charge is 2.27. The zero-order valence-electron chi connectivity index (χ0n) is 17.0. The summed E-state index contributed by atoms with van der Waals surface area (Å²) >= 11 is 6.34. The SMILES string of the molecule is CC(NC(=O)OC(C)(C)C)c1cc2cccc(Cl)c2nc1N1CCS(=O)(=O)CC1. The number of aromatic nitrogens is 1. The standard InChI is InChI=1S/C20H26ClN3O4S/c1-13(22-19(25)28-20(2,3)4)15-12-14-6-5-7-16(21)17(14)23-18(15)24-8-10-29(26,27)11-9-24/h5-7,12-13H,8-11H2,1-4H3,(H,22,25). The number of ether oxygens (including phenoxy) is 1. The quantitative estimate of drug-likeness (QED) is 0.784. The number of hydrogen-bond acceptors (Lipinski definition) is 6. The molecule has 1 fully saturated rings. The van der Waals surface area contributed by atoms with Crippen LogP contribution >= 0.6 is 11.6 Å². The van der Waals surface area contributed by atoms with Crippen LogP contribution in [0.25, 0.3) is 10.9 Å². The van der Waals surface area contributed by atoms with Gasteiger partial charge in [0, 0.05) is 24.0 Å². The fourth-order valence-corrected chi connectivity index (χ4v) is 4.65. The lowest BCUT2D eigenvalue weighted by molar-refractivity contribution is 0.0508. The van der Waals surface area contributed by atoms with E-state index in [1.165, 1.54) is 0 Å². The van der Waals surface area contributed by atoms with Crippen molar-refractivity contribution in [1.82, 2.24) is 10.3 Å². The number of carbonyl (C=O) groups excluding carboxylic acids is 1. The predicted molar refractivity (Wildman–Crippen MR) is 115 cm³/mol. The van der Waals surface area contributed by atoms with Crippen molar-refractivity contribution in [2.45, 2.75) is 39.3 Å². The lowest BCUT2D eigenvalue weighted by Gasteiger charge is -2.31. The second-order valence-electron chi connectivity index (χ2n) is 8.22. The number of para-hydroxylation sites is 1. The smallest absolute Gasteiger partial charge is 0.408 e. The van der Waals surface area contributed by atoms with E-state index in [0.717, 1.165) is 10.9 Å². The Balaban J connectivity index is 1.99. The van der Waals surface area contributed by atoms with Crippen molar-refractivity contribution in [2.24, 2.45) is 0 Å². The van der Waals surface area contributed by atoms with Gasteiger partial charge in [0.25, 0.3) is 0 Å². The molecule has 0 aliphatic carbocycles. The average Bonchev–Trinajstić information content (AvgIpc) is 2.59. The highest BCUT2D eigenvalue weighted by Crippen LogP contribution is 2.32. The molecule has 1 N–H and O–H groups in total. The van der Waals surface area contributed by atoms with Crippen LogP contribution in [0.1, 0.15) is 39.3 Å². The van der Waals surface area contributed by atoms with Gasteiger partial charge in [-0.15, -0.1) is 0 Å². The predicted octanol–water partition coefficient (Wildman–Crippen LogP) is 3.71. The van der Waals surface area contributed by atoms with E-state index in [0.29, 0.717) is 29.4 Å². The summed E-state index contributed by atoms with van der Waals surface area (Å²) in [5.41, 5.74) is 0.818. The monoisotopic (exact) mass is 439 g/mol. The fraction of sp³-hybridized carbons (Fsp3) is 0.500. The zero-order chi connectivity index (χ0) is 21.4. The minimum absolute atomic E-state index is 0.0720. The molecule has 158 valence electrons. The Bertz CT molecular complexity index is 1020. The number of pyridine rings is 1. The first-order valence-electron chi connectivity index (χ1n) is 9.49. The van der Waals surface area contributed by atoms with Crippen molar-refractivity contribution >= 4 is 44.3 Å². The Morgan fingerprint density at radius 1 is 1.28 bits per heavy atom. The summed E-state index contributed by atoms with van der Waals surface area (Å²) in [6.45, 7) is 7.94. The molecule has 1 amide bonds. The van der Waals surface area contributed by atoms with Crippen LogP contribution in [0.15, 0.2) is 24.3 Å². The molecule has 29 heavy (non-hydrogen) atoms. The van der Waals surface area contributed by atoms with Gasteiger partial charge in [-0.05, 0) is 39.8 Å². The number of benzene rings is 1. The number of alkyl carbamates (subject to hydrolysis) is 1. The number of halogens is 1. The van der Waals surface area contributed by atoms with Crippen molar-refractivity contribution < 1.29 is 17.9 Å². The Labute approximate surface area is 176 Å². The van der Waals surface area contributed by atoms with Crippen LogP contribution in [0.3, 0.4) is 0 Å². The number of sulfone groups is 1. The van der Waals surface area contributed by atoms with Crippen molar-refractivity contribution in [1.29, 1.82) is 0 Å².